The minimum atomic E-state index is 0.451. The van der Waals surface area contributed by atoms with Gasteiger partial charge in [-0.25, -0.2) is 0 Å². The van der Waals surface area contributed by atoms with Crippen LogP contribution in [-0.2, 0) is 11.2 Å². The maximum Gasteiger partial charge on any atom is 0.0469 e. The van der Waals surface area contributed by atoms with Crippen LogP contribution in [0.3, 0.4) is 0 Å². The van der Waals surface area contributed by atoms with E-state index in [0.717, 1.165) is 32.5 Å². The number of ether oxygens (including phenoxy) is 1. The summed E-state index contributed by atoms with van der Waals surface area (Å²) in [5.41, 5.74) is 4.13. The smallest absolute Gasteiger partial charge is 0.0469 e. The first-order chi connectivity index (χ1) is 10.3. The molecule has 2 aromatic carbocycles. The molecular formula is C19H21BrO. The van der Waals surface area contributed by atoms with Crippen LogP contribution >= 0.6 is 15.9 Å². The van der Waals surface area contributed by atoms with Crippen LogP contribution in [0.25, 0.3) is 0 Å². The second kappa shape index (κ2) is 7.24. The molecule has 1 aliphatic heterocycles. The fourth-order valence-corrected chi connectivity index (χ4v) is 3.77. The molecule has 1 unspecified atom stereocenters. The summed E-state index contributed by atoms with van der Waals surface area (Å²) in [5.74, 6) is 0.693. The molecule has 110 valence electrons. The van der Waals surface area contributed by atoms with Gasteiger partial charge in [-0.3, -0.25) is 0 Å². The molecule has 1 heterocycles. The predicted octanol–water partition coefficient (Wildman–Crippen LogP) is 5.14. The van der Waals surface area contributed by atoms with E-state index in [1.54, 1.807) is 0 Å². The van der Waals surface area contributed by atoms with Crippen molar-refractivity contribution < 1.29 is 4.74 Å². The number of alkyl halides is 1. The van der Waals surface area contributed by atoms with Gasteiger partial charge >= 0.3 is 0 Å². The van der Waals surface area contributed by atoms with Gasteiger partial charge in [0.25, 0.3) is 0 Å². The van der Waals surface area contributed by atoms with E-state index in [2.05, 4.69) is 70.5 Å². The fraction of sp³-hybridized carbons (Fsp3) is 0.368. The van der Waals surface area contributed by atoms with Crippen molar-refractivity contribution in [3.63, 3.8) is 0 Å². The average molecular weight is 345 g/mol. The fourth-order valence-electron chi connectivity index (χ4n) is 2.93. The third-order valence-corrected chi connectivity index (χ3v) is 5.51. The third-order valence-electron chi connectivity index (χ3n) is 4.23. The minimum Gasteiger partial charge on any atom is -0.381 e. The van der Waals surface area contributed by atoms with Gasteiger partial charge in [0.15, 0.2) is 0 Å². The van der Waals surface area contributed by atoms with Crippen LogP contribution in [0.5, 0.6) is 0 Å². The monoisotopic (exact) mass is 344 g/mol. The van der Waals surface area contributed by atoms with E-state index in [-0.39, 0.29) is 0 Å². The lowest BCUT2D eigenvalue weighted by Crippen LogP contribution is -2.19. The molecule has 1 atom stereocenters. The predicted molar refractivity (Wildman–Crippen MR) is 90.9 cm³/mol. The quantitative estimate of drug-likeness (QED) is 0.697. The van der Waals surface area contributed by atoms with Crippen molar-refractivity contribution in [3.05, 3.63) is 71.3 Å². The van der Waals surface area contributed by atoms with Gasteiger partial charge in [-0.05, 0) is 41.9 Å². The summed E-state index contributed by atoms with van der Waals surface area (Å²) in [6.45, 7) is 1.80. The maximum atomic E-state index is 5.45. The molecule has 1 saturated heterocycles. The molecule has 21 heavy (non-hydrogen) atoms. The molecule has 0 amide bonds. The van der Waals surface area contributed by atoms with E-state index in [9.17, 15) is 0 Å². The molecule has 1 nitrogen and oxygen atoms in total. The van der Waals surface area contributed by atoms with Crippen molar-refractivity contribution in [1.82, 2.24) is 0 Å². The number of hydrogen-bond acceptors (Lipinski definition) is 1. The van der Waals surface area contributed by atoms with Crippen LogP contribution in [-0.4, -0.2) is 13.2 Å². The van der Waals surface area contributed by atoms with E-state index in [4.69, 9.17) is 4.74 Å². The summed E-state index contributed by atoms with van der Waals surface area (Å²) in [5, 5.41) is 0. The van der Waals surface area contributed by atoms with Crippen molar-refractivity contribution in [1.29, 1.82) is 0 Å². The van der Waals surface area contributed by atoms with Crippen LogP contribution < -0.4 is 0 Å². The molecule has 3 rings (SSSR count). The first-order valence-electron chi connectivity index (χ1n) is 7.67. The van der Waals surface area contributed by atoms with Crippen molar-refractivity contribution in [3.8, 4) is 0 Å². The zero-order valence-corrected chi connectivity index (χ0v) is 13.8. The number of benzene rings is 2. The molecule has 2 heteroatoms. The van der Waals surface area contributed by atoms with Crippen molar-refractivity contribution in [2.75, 3.05) is 13.2 Å². The SMILES string of the molecule is BrC(c1ccc(Cc2ccccc2)cc1)C1CCOCC1. The summed E-state index contributed by atoms with van der Waals surface area (Å²) < 4.78 is 5.45. The number of rotatable bonds is 4. The van der Waals surface area contributed by atoms with Gasteiger partial charge in [0, 0.05) is 18.0 Å². The van der Waals surface area contributed by atoms with Crippen molar-refractivity contribution in [2.45, 2.75) is 24.1 Å². The zero-order chi connectivity index (χ0) is 14.5. The van der Waals surface area contributed by atoms with Crippen molar-refractivity contribution >= 4 is 15.9 Å². The molecule has 0 spiro atoms. The number of hydrogen-bond donors (Lipinski definition) is 0. The zero-order valence-electron chi connectivity index (χ0n) is 12.2. The Balaban J connectivity index is 1.66. The Morgan fingerprint density at radius 3 is 2.19 bits per heavy atom. The molecular weight excluding hydrogens is 324 g/mol. The Labute approximate surface area is 135 Å². The summed E-state index contributed by atoms with van der Waals surface area (Å²) in [6.07, 6.45) is 3.31. The van der Waals surface area contributed by atoms with Crippen LogP contribution in [0, 0.1) is 5.92 Å². The van der Waals surface area contributed by atoms with Gasteiger partial charge in [-0.1, -0.05) is 70.5 Å². The lowest BCUT2D eigenvalue weighted by atomic mass is 9.91. The lowest BCUT2D eigenvalue weighted by Gasteiger charge is -2.26. The Bertz CT molecular complexity index is 544. The second-order valence-electron chi connectivity index (χ2n) is 5.76. The molecule has 0 radical (unpaired) electrons. The van der Waals surface area contributed by atoms with Crippen LogP contribution in [0.2, 0.25) is 0 Å². The maximum absolute atomic E-state index is 5.45. The topological polar surface area (TPSA) is 9.23 Å². The third kappa shape index (κ3) is 3.96. The highest BCUT2D eigenvalue weighted by atomic mass is 79.9. The Hall–Kier alpha value is -1.12. The molecule has 0 aromatic heterocycles. The Morgan fingerprint density at radius 2 is 1.52 bits per heavy atom. The van der Waals surface area contributed by atoms with Gasteiger partial charge < -0.3 is 4.74 Å². The van der Waals surface area contributed by atoms with Crippen LogP contribution in [0.1, 0.15) is 34.4 Å². The first kappa shape index (κ1) is 14.8. The second-order valence-corrected chi connectivity index (χ2v) is 6.74. The average Bonchev–Trinajstić information content (AvgIpc) is 2.57. The normalized spacial score (nSPS) is 17.6. The van der Waals surface area contributed by atoms with Gasteiger partial charge in [-0.2, -0.15) is 0 Å². The Morgan fingerprint density at radius 1 is 0.905 bits per heavy atom. The molecule has 1 fully saturated rings. The Kier molecular flexibility index (Phi) is 5.10. The van der Waals surface area contributed by atoms with E-state index >= 15 is 0 Å². The van der Waals surface area contributed by atoms with Gasteiger partial charge in [0.05, 0.1) is 0 Å². The lowest BCUT2D eigenvalue weighted by molar-refractivity contribution is 0.0662. The van der Waals surface area contributed by atoms with Crippen molar-refractivity contribution in [2.24, 2.45) is 5.92 Å². The van der Waals surface area contributed by atoms with E-state index < -0.39 is 0 Å². The first-order valence-corrected chi connectivity index (χ1v) is 8.59. The largest absolute Gasteiger partial charge is 0.381 e. The van der Waals surface area contributed by atoms with Crippen LogP contribution in [0.4, 0.5) is 0 Å². The van der Waals surface area contributed by atoms with E-state index in [0.29, 0.717) is 10.7 Å². The summed E-state index contributed by atoms with van der Waals surface area (Å²) in [7, 11) is 0. The molecule has 0 bridgehead atoms. The highest BCUT2D eigenvalue weighted by molar-refractivity contribution is 9.09. The molecule has 0 N–H and O–H groups in total. The van der Waals surface area contributed by atoms with Gasteiger partial charge in [-0.15, -0.1) is 0 Å². The van der Waals surface area contributed by atoms with Gasteiger partial charge in [0.2, 0.25) is 0 Å². The summed E-state index contributed by atoms with van der Waals surface area (Å²) in [4.78, 5) is 0.451. The molecule has 0 saturated carbocycles. The molecule has 1 aliphatic rings. The van der Waals surface area contributed by atoms with E-state index in [1.165, 1.54) is 16.7 Å². The minimum absolute atomic E-state index is 0.451. The highest BCUT2D eigenvalue weighted by Crippen LogP contribution is 2.36. The van der Waals surface area contributed by atoms with Crippen LogP contribution in [0.15, 0.2) is 54.6 Å². The van der Waals surface area contributed by atoms with Gasteiger partial charge in [0.1, 0.15) is 0 Å². The molecule has 2 aromatic rings. The number of halogens is 1. The summed E-state index contributed by atoms with van der Waals surface area (Å²) >= 11 is 3.88. The van der Waals surface area contributed by atoms with E-state index in [1.807, 2.05) is 0 Å². The standard InChI is InChI=1S/C19H21BrO/c20-19(18-10-12-21-13-11-18)17-8-6-16(7-9-17)14-15-4-2-1-3-5-15/h1-9,18-19H,10-14H2. The summed E-state index contributed by atoms with van der Waals surface area (Å²) in [6, 6.07) is 19.7. The molecule has 0 aliphatic carbocycles. The highest BCUT2D eigenvalue weighted by Gasteiger charge is 2.22.